The molecule has 0 aliphatic carbocycles. The SMILES string of the molecule is CC(C)CN=C(NCC1CCS(=O)(=O)C1)N1CCSC(C(C)C)C1. The summed E-state index contributed by atoms with van der Waals surface area (Å²) in [6, 6.07) is 0. The zero-order chi connectivity index (χ0) is 17.7. The fourth-order valence-electron chi connectivity index (χ4n) is 3.08. The Morgan fingerprint density at radius 2 is 2.08 bits per heavy atom. The lowest BCUT2D eigenvalue weighted by atomic mass is 10.1. The molecule has 7 heteroatoms. The van der Waals surface area contributed by atoms with Crippen molar-refractivity contribution in [3.8, 4) is 0 Å². The predicted octanol–water partition coefficient (Wildman–Crippen LogP) is 2.10. The largest absolute Gasteiger partial charge is 0.356 e. The smallest absolute Gasteiger partial charge is 0.194 e. The Bertz CT molecular complexity index is 532. The van der Waals surface area contributed by atoms with Crippen molar-refractivity contribution in [3.63, 3.8) is 0 Å². The summed E-state index contributed by atoms with van der Waals surface area (Å²) < 4.78 is 23.3. The van der Waals surface area contributed by atoms with E-state index in [0.29, 0.717) is 35.1 Å². The highest BCUT2D eigenvalue weighted by atomic mass is 32.2. The molecule has 0 aromatic carbocycles. The summed E-state index contributed by atoms with van der Waals surface area (Å²) in [5.41, 5.74) is 0. The van der Waals surface area contributed by atoms with Gasteiger partial charge in [-0.15, -0.1) is 0 Å². The molecule has 2 aliphatic rings. The van der Waals surface area contributed by atoms with E-state index in [2.05, 4.69) is 49.7 Å². The van der Waals surface area contributed by atoms with Crippen LogP contribution in [-0.4, -0.2) is 68.0 Å². The topological polar surface area (TPSA) is 61.8 Å². The molecule has 0 amide bonds. The molecule has 2 fully saturated rings. The molecular weight excluding hydrogens is 342 g/mol. The average molecular weight is 376 g/mol. The normalized spacial score (nSPS) is 27.9. The van der Waals surface area contributed by atoms with Gasteiger partial charge in [0.25, 0.3) is 0 Å². The minimum atomic E-state index is -2.81. The van der Waals surface area contributed by atoms with Crippen LogP contribution < -0.4 is 5.32 Å². The number of sulfone groups is 1. The summed E-state index contributed by atoms with van der Waals surface area (Å²) in [5.74, 6) is 4.16. The molecule has 0 radical (unpaired) electrons. The Morgan fingerprint density at radius 1 is 1.33 bits per heavy atom. The van der Waals surface area contributed by atoms with E-state index in [-0.39, 0.29) is 5.92 Å². The number of aliphatic imine (C=N–C) groups is 1. The van der Waals surface area contributed by atoms with Gasteiger partial charge in [-0.1, -0.05) is 27.7 Å². The quantitative estimate of drug-likeness (QED) is 0.589. The molecule has 2 atom stereocenters. The van der Waals surface area contributed by atoms with Crippen molar-refractivity contribution in [2.75, 3.05) is 43.4 Å². The van der Waals surface area contributed by atoms with Crippen LogP contribution in [-0.2, 0) is 9.84 Å². The maximum Gasteiger partial charge on any atom is 0.194 e. The average Bonchev–Trinajstić information content (AvgIpc) is 2.86. The van der Waals surface area contributed by atoms with Crippen LogP contribution in [0.1, 0.15) is 34.1 Å². The van der Waals surface area contributed by atoms with Crippen LogP contribution in [0.25, 0.3) is 0 Å². The molecule has 5 nitrogen and oxygen atoms in total. The van der Waals surface area contributed by atoms with Crippen molar-refractivity contribution in [2.24, 2.45) is 22.7 Å². The third-order valence-electron chi connectivity index (χ3n) is 4.62. The zero-order valence-electron chi connectivity index (χ0n) is 15.5. The molecule has 2 aliphatic heterocycles. The number of hydrogen-bond acceptors (Lipinski definition) is 4. The van der Waals surface area contributed by atoms with Crippen LogP contribution in [0.4, 0.5) is 0 Å². The molecule has 0 bridgehead atoms. The Morgan fingerprint density at radius 3 is 2.67 bits per heavy atom. The van der Waals surface area contributed by atoms with Crippen LogP contribution in [0, 0.1) is 17.8 Å². The van der Waals surface area contributed by atoms with E-state index in [1.54, 1.807) is 0 Å². The van der Waals surface area contributed by atoms with E-state index in [4.69, 9.17) is 4.99 Å². The predicted molar refractivity (Wildman–Crippen MR) is 105 cm³/mol. The van der Waals surface area contributed by atoms with Crippen LogP contribution in [0.3, 0.4) is 0 Å². The molecule has 0 aromatic rings. The molecule has 0 spiro atoms. The molecule has 0 saturated carbocycles. The van der Waals surface area contributed by atoms with Crippen molar-refractivity contribution in [1.82, 2.24) is 10.2 Å². The first-order chi connectivity index (χ1) is 11.3. The van der Waals surface area contributed by atoms with Crippen molar-refractivity contribution < 1.29 is 8.42 Å². The Kier molecular flexibility index (Phi) is 7.28. The van der Waals surface area contributed by atoms with Gasteiger partial charge < -0.3 is 10.2 Å². The lowest BCUT2D eigenvalue weighted by Gasteiger charge is -2.36. The fourth-order valence-corrected chi connectivity index (χ4v) is 6.24. The highest BCUT2D eigenvalue weighted by Gasteiger charge is 2.29. The molecule has 1 N–H and O–H groups in total. The minimum Gasteiger partial charge on any atom is -0.356 e. The van der Waals surface area contributed by atoms with Crippen LogP contribution in [0.2, 0.25) is 0 Å². The standard InChI is InChI=1S/C17H33N3O2S2/c1-13(2)9-18-17(19-10-15-5-8-24(21,22)12-15)20-6-7-23-16(11-20)14(3)4/h13-16H,5-12H2,1-4H3,(H,18,19). The van der Waals surface area contributed by atoms with Gasteiger partial charge in [-0.2, -0.15) is 11.8 Å². The van der Waals surface area contributed by atoms with Gasteiger partial charge in [0, 0.05) is 37.2 Å². The summed E-state index contributed by atoms with van der Waals surface area (Å²) in [4.78, 5) is 7.18. The minimum absolute atomic E-state index is 0.222. The van der Waals surface area contributed by atoms with Gasteiger partial charge in [-0.3, -0.25) is 4.99 Å². The molecule has 24 heavy (non-hydrogen) atoms. The molecular formula is C17H33N3O2S2. The van der Waals surface area contributed by atoms with Gasteiger partial charge >= 0.3 is 0 Å². The summed E-state index contributed by atoms with van der Waals surface area (Å²) in [6.45, 7) is 12.5. The van der Waals surface area contributed by atoms with Gasteiger partial charge in [0.05, 0.1) is 11.5 Å². The van der Waals surface area contributed by atoms with Gasteiger partial charge in [0.2, 0.25) is 0 Å². The lowest BCUT2D eigenvalue weighted by Crippen LogP contribution is -2.50. The number of hydrogen-bond donors (Lipinski definition) is 1. The first kappa shape index (κ1) is 19.9. The number of nitrogens with one attached hydrogen (secondary N) is 1. The zero-order valence-corrected chi connectivity index (χ0v) is 17.1. The molecule has 140 valence electrons. The van der Waals surface area contributed by atoms with Gasteiger partial charge in [0.15, 0.2) is 15.8 Å². The number of rotatable bonds is 5. The highest BCUT2D eigenvalue weighted by molar-refractivity contribution is 8.00. The maximum absolute atomic E-state index is 11.6. The van der Waals surface area contributed by atoms with Gasteiger partial charge in [-0.05, 0) is 24.2 Å². The van der Waals surface area contributed by atoms with Gasteiger partial charge in [0.1, 0.15) is 0 Å². The third kappa shape index (κ3) is 6.14. The Labute approximate surface area is 152 Å². The highest BCUT2D eigenvalue weighted by Crippen LogP contribution is 2.25. The van der Waals surface area contributed by atoms with E-state index < -0.39 is 9.84 Å². The Balaban J connectivity index is 1.98. The second-order valence-corrected chi connectivity index (χ2v) is 11.4. The van der Waals surface area contributed by atoms with Crippen molar-refractivity contribution >= 4 is 27.6 Å². The summed E-state index contributed by atoms with van der Waals surface area (Å²) in [5, 5.41) is 4.12. The van der Waals surface area contributed by atoms with Gasteiger partial charge in [-0.25, -0.2) is 8.42 Å². The molecule has 2 heterocycles. The maximum atomic E-state index is 11.6. The second-order valence-electron chi connectivity index (χ2n) is 7.81. The van der Waals surface area contributed by atoms with E-state index in [1.165, 1.54) is 0 Å². The lowest BCUT2D eigenvalue weighted by molar-refractivity contribution is 0.375. The summed E-state index contributed by atoms with van der Waals surface area (Å²) >= 11 is 2.06. The molecule has 2 saturated heterocycles. The van der Waals surface area contributed by atoms with E-state index in [9.17, 15) is 8.42 Å². The monoisotopic (exact) mass is 375 g/mol. The fraction of sp³-hybridized carbons (Fsp3) is 0.941. The number of thioether (sulfide) groups is 1. The van der Waals surface area contributed by atoms with Crippen LogP contribution >= 0.6 is 11.8 Å². The van der Waals surface area contributed by atoms with Crippen molar-refractivity contribution in [3.05, 3.63) is 0 Å². The van der Waals surface area contributed by atoms with Crippen LogP contribution in [0.15, 0.2) is 4.99 Å². The number of nitrogens with zero attached hydrogens (tertiary/aromatic N) is 2. The summed E-state index contributed by atoms with van der Waals surface area (Å²) in [7, 11) is -2.81. The number of guanidine groups is 1. The van der Waals surface area contributed by atoms with Crippen molar-refractivity contribution in [2.45, 2.75) is 39.4 Å². The first-order valence-corrected chi connectivity index (χ1v) is 12.0. The third-order valence-corrected chi connectivity index (χ3v) is 8.00. The molecule has 2 unspecified atom stereocenters. The first-order valence-electron chi connectivity index (χ1n) is 9.12. The van der Waals surface area contributed by atoms with E-state index >= 15 is 0 Å². The molecule has 0 aromatic heterocycles. The second kappa shape index (κ2) is 8.79. The Hall–Kier alpha value is -0.430. The van der Waals surface area contributed by atoms with E-state index in [0.717, 1.165) is 37.8 Å². The summed E-state index contributed by atoms with van der Waals surface area (Å²) in [6.07, 6.45) is 0.775. The van der Waals surface area contributed by atoms with Crippen molar-refractivity contribution in [1.29, 1.82) is 0 Å². The van der Waals surface area contributed by atoms with Crippen LogP contribution in [0.5, 0.6) is 0 Å². The van der Waals surface area contributed by atoms with E-state index in [1.807, 2.05) is 0 Å². The molecule has 2 rings (SSSR count).